The van der Waals surface area contributed by atoms with E-state index in [-0.39, 0.29) is 43.9 Å². The van der Waals surface area contributed by atoms with E-state index in [2.05, 4.69) is 26.6 Å². The Morgan fingerprint density at radius 3 is 1.90 bits per heavy atom. The second-order valence-corrected chi connectivity index (χ2v) is 16.3. The highest BCUT2D eigenvalue weighted by Crippen LogP contribution is 2.17. The molecular weight excluding hydrogens is 773 g/mol. The molecule has 58 heavy (non-hydrogen) atoms. The van der Waals surface area contributed by atoms with Crippen molar-refractivity contribution < 1.29 is 52.9 Å². The monoisotopic (exact) mass is 830 g/mol. The summed E-state index contributed by atoms with van der Waals surface area (Å²) in [5.41, 5.74) is 5.50. The Bertz CT molecular complexity index is 1680. The molecule has 2 rings (SSSR count). The quantitative estimate of drug-likeness (QED) is 0.0544. The molecule has 0 fully saturated rings. The molecule has 4 atom stereocenters. The van der Waals surface area contributed by atoms with Crippen LogP contribution in [0.3, 0.4) is 0 Å². The number of nitrogens with two attached hydrogens (primary N) is 1. The number of thioether (sulfide) groups is 1. The number of alkyl carbamates (subject to hydrolysis) is 1. The third-order valence-electron chi connectivity index (χ3n) is 7.87. The third kappa shape index (κ3) is 20.2. The average Bonchev–Trinajstić information content (AvgIpc) is 3.12. The number of hydrogen-bond acceptors (Lipinski definition) is 12. The van der Waals surface area contributed by atoms with Crippen molar-refractivity contribution in [3.8, 4) is 5.75 Å². The van der Waals surface area contributed by atoms with Gasteiger partial charge >= 0.3 is 18.2 Å². The first kappa shape index (κ1) is 48.8. The van der Waals surface area contributed by atoms with Crippen LogP contribution in [0.25, 0.3) is 0 Å². The van der Waals surface area contributed by atoms with Crippen LogP contribution in [-0.2, 0) is 46.3 Å². The molecule has 5 amide bonds. The summed E-state index contributed by atoms with van der Waals surface area (Å²) in [5.74, 6) is -3.11. The lowest BCUT2D eigenvalue weighted by Gasteiger charge is -2.25. The molecule has 0 unspecified atom stereocenters. The molecule has 8 N–H and O–H groups in total. The molecule has 2 aromatic rings. The van der Waals surface area contributed by atoms with Gasteiger partial charge in [-0.2, -0.15) is 11.8 Å². The molecule has 17 nitrogen and oxygen atoms in total. The van der Waals surface area contributed by atoms with E-state index in [1.54, 1.807) is 95.8 Å². The third-order valence-corrected chi connectivity index (χ3v) is 8.52. The van der Waals surface area contributed by atoms with Crippen molar-refractivity contribution in [1.82, 2.24) is 26.6 Å². The predicted octanol–water partition coefficient (Wildman–Crippen LogP) is 2.83. The van der Waals surface area contributed by atoms with Crippen LogP contribution < -0.4 is 37.1 Å². The summed E-state index contributed by atoms with van der Waals surface area (Å²) in [6, 6.07) is 10.3. The first-order chi connectivity index (χ1) is 27.1. The lowest BCUT2D eigenvalue weighted by molar-refractivity contribution is -0.141. The van der Waals surface area contributed by atoms with Crippen molar-refractivity contribution in [2.24, 2.45) is 5.73 Å². The molecule has 0 aliphatic rings. The largest absolute Gasteiger partial charge is 0.514 e. The van der Waals surface area contributed by atoms with Gasteiger partial charge in [0.25, 0.3) is 0 Å². The fourth-order valence-corrected chi connectivity index (χ4v) is 5.60. The summed E-state index contributed by atoms with van der Waals surface area (Å²) >= 11 is 1.55. The van der Waals surface area contributed by atoms with Crippen molar-refractivity contribution >= 4 is 53.6 Å². The van der Waals surface area contributed by atoms with E-state index in [4.69, 9.17) is 19.9 Å². The van der Waals surface area contributed by atoms with Gasteiger partial charge in [0.1, 0.15) is 35.1 Å². The predicted molar refractivity (Wildman–Crippen MR) is 218 cm³/mol. The zero-order valence-corrected chi connectivity index (χ0v) is 35.0. The van der Waals surface area contributed by atoms with Gasteiger partial charge in [0.2, 0.25) is 23.6 Å². The Labute approximate surface area is 343 Å². The molecule has 0 saturated carbocycles. The van der Waals surface area contributed by atoms with Gasteiger partial charge in [0, 0.05) is 19.4 Å². The highest BCUT2D eigenvalue weighted by Gasteiger charge is 2.30. The van der Waals surface area contributed by atoms with Gasteiger partial charge in [-0.1, -0.05) is 42.5 Å². The second-order valence-electron chi connectivity index (χ2n) is 15.4. The molecule has 0 spiro atoms. The number of amides is 5. The van der Waals surface area contributed by atoms with Gasteiger partial charge in [-0.05, 0) is 96.1 Å². The SMILES string of the molecule is CSCC[C@H](N)C(=O)NCCC[C@@H](NC(=O)[C@H](Cc1ccc(OC(=O)OC(C)(C)C)cc1)NC(=O)OC(C)(C)C)C(=O)NCC(=O)N[C@@H](Cc1ccccc1)C(=O)O. The first-order valence-corrected chi connectivity index (χ1v) is 20.2. The minimum Gasteiger partial charge on any atom is -0.480 e. The lowest BCUT2D eigenvalue weighted by atomic mass is 10.0. The number of carboxylic acid groups (broad SMARTS) is 1. The van der Waals surface area contributed by atoms with E-state index in [0.29, 0.717) is 23.3 Å². The van der Waals surface area contributed by atoms with E-state index in [1.807, 2.05) is 6.26 Å². The van der Waals surface area contributed by atoms with Gasteiger partial charge in [-0.3, -0.25) is 19.2 Å². The molecule has 0 heterocycles. The number of carbonyl (C=O) groups excluding carboxylic acids is 6. The molecule has 0 bridgehead atoms. The molecule has 320 valence electrons. The average molecular weight is 831 g/mol. The zero-order valence-electron chi connectivity index (χ0n) is 34.2. The Morgan fingerprint density at radius 1 is 0.707 bits per heavy atom. The summed E-state index contributed by atoms with van der Waals surface area (Å²) in [5, 5.41) is 22.5. The number of nitrogens with one attached hydrogen (secondary N) is 5. The standard InChI is InChI=1S/C40H58N6O11S/c1-39(2,3)56-37(53)46-30(22-26-15-17-27(18-16-26)55-38(54)57-40(4,5)6)35(50)45-29(14-11-20-42-33(48)28(41)19-21-58-7)34(49)43-24-32(47)44-31(36(51)52)23-25-12-9-8-10-13-25/h8-10,12-13,15-18,28-31H,11,14,19-24,41H2,1-7H3,(H,42,48)(H,43,49)(H,44,47)(H,45,50)(H,46,53)(H,51,52)/t28-,29+,30-,31-/m0/s1. The van der Waals surface area contributed by atoms with Crippen LogP contribution in [0.4, 0.5) is 9.59 Å². The van der Waals surface area contributed by atoms with Crippen LogP contribution in [0.5, 0.6) is 5.75 Å². The molecular formula is C40H58N6O11S. The van der Waals surface area contributed by atoms with Crippen molar-refractivity contribution in [2.75, 3.05) is 25.1 Å². The molecule has 0 aromatic heterocycles. The summed E-state index contributed by atoms with van der Waals surface area (Å²) < 4.78 is 15.8. The van der Waals surface area contributed by atoms with Crippen LogP contribution >= 0.6 is 11.8 Å². The van der Waals surface area contributed by atoms with Crippen LogP contribution in [0, 0.1) is 0 Å². The molecule has 18 heteroatoms. The molecule has 0 aliphatic heterocycles. The second kappa shape index (κ2) is 23.8. The van der Waals surface area contributed by atoms with Crippen molar-refractivity contribution in [3.05, 3.63) is 65.7 Å². The van der Waals surface area contributed by atoms with Gasteiger partial charge in [-0.25, -0.2) is 14.4 Å². The molecule has 0 saturated heterocycles. The van der Waals surface area contributed by atoms with E-state index < -0.39 is 77.9 Å². The Balaban J connectivity index is 2.25. The highest BCUT2D eigenvalue weighted by atomic mass is 32.2. The van der Waals surface area contributed by atoms with Crippen molar-refractivity contribution in [3.63, 3.8) is 0 Å². The van der Waals surface area contributed by atoms with Crippen LogP contribution in [-0.4, -0.2) is 107 Å². The number of ether oxygens (including phenoxy) is 3. The fraction of sp³-hybridized carbons (Fsp3) is 0.525. The van der Waals surface area contributed by atoms with Crippen LogP contribution in [0.1, 0.15) is 71.9 Å². The molecule has 0 radical (unpaired) electrons. The fourth-order valence-electron chi connectivity index (χ4n) is 5.11. The van der Waals surface area contributed by atoms with E-state index in [0.717, 1.165) is 0 Å². The number of aliphatic carboxylic acids is 1. The van der Waals surface area contributed by atoms with Crippen molar-refractivity contribution in [2.45, 2.75) is 109 Å². The van der Waals surface area contributed by atoms with Crippen LogP contribution in [0.2, 0.25) is 0 Å². The maximum atomic E-state index is 13.9. The van der Waals surface area contributed by atoms with Gasteiger partial charge in [0.15, 0.2) is 0 Å². The highest BCUT2D eigenvalue weighted by molar-refractivity contribution is 7.98. The van der Waals surface area contributed by atoms with Crippen LogP contribution in [0.15, 0.2) is 54.6 Å². The summed E-state index contributed by atoms with van der Waals surface area (Å²) in [7, 11) is 0. The molecule has 2 aromatic carbocycles. The number of carboxylic acids is 1. The Morgan fingerprint density at radius 2 is 1.31 bits per heavy atom. The van der Waals surface area contributed by atoms with Gasteiger partial charge in [-0.15, -0.1) is 0 Å². The minimum absolute atomic E-state index is 0.00668. The number of rotatable bonds is 21. The number of benzene rings is 2. The minimum atomic E-state index is -1.28. The smallest absolute Gasteiger partial charge is 0.480 e. The summed E-state index contributed by atoms with van der Waals surface area (Å²) in [4.78, 5) is 89.7. The van der Waals surface area contributed by atoms with Crippen molar-refractivity contribution in [1.29, 1.82) is 0 Å². The zero-order chi connectivity index (χ0) is 43.5. The molecule has 0 aliphatic carbocycles. The number of carbonyl (C=O) groups is 7. The van der Waals surface area contributed by atoms with Gasteiger partial charge < -0.3 is 51.6 Å². The lowest BCUT2D eigenvalue weighted by Crippen LogP contribution is -2.56. The van der Waals surface area contributed by atoms with E-state index >= 15 is 0 Å². The maximum absolute atomic E-state index is 13.9. The summed E-state index contributed by atoms with van der Waals surface area (Å²) in [6.45, 7) is 9.53. The van der Waals surface area contributed by atoms with Gasteiger partial charge in [0.05, 0.1) is 12.6 Å². The topological polar surface area (TPSA) is 254 Å². The van der Waals surface area contributed by atoms with E-state index in [9.17, 15) is 38.7 Å². The number of hydrogen-bond donors (Lipinski definition) is 7. The Kier molecular flexibility index (Phi) is 20.0. The normalized spacial score (nSPS) is 13.4. The first-order valence-electron chi connectivity index (χ1n) is 18.8. The van der Waals surface area contributed by atoms with E-state index in [1.165, 1.54) is 12.1 Å². The Hall–Kier alpha value is -5.36. The maximum Gasteiger partial charge on any atom is 0.514 e. The summed E-state index contributed by atoms with van der Waals surface area (Å²) in [6.07, 6.45) is 0.667.